The van der Waals surface area contributed by atoms with E-state index in [2.05, 4.69) is 4.98 Å². The largest absolute Gasteiger partial charge is 0.403 e. The van der Waals surface area contributed by atoms with Crippen LogP contribution in [-0.4, -0.2) is 4.98 Å². The zero-order valence-electron chi connectivity index (χ0n) is 11.1. The summed E-state index contributed by atoms with van der Waals surface area (Å²) in [6, 6.07) is 21.0. The van der Waals surface area contributed by atoms with Gasteiger partial charge in [-0.2, -0.15) is 0 Å². The van der Waals surface area contributed by atoms with Crippen molar-refractivity contribution in [3.63, 3.8) is 0 Å². The first kappa shape index (κ1) is 11.9. The van der Waals surface area contributed by atoms with Gasteiger partial charge in [0.15, 0.2) is 0 Å². The molecule has 0 unspecified atom stereocenters. The molecule has 3 aromatic carbocycles. The van der Waals surface area contributed by atoms with Crippen LogP contribution in [0.5, 0.6) is 0 Å². The van der Waals surface area contributed by atoms with Crippen molar-refractivity contribution in [3.8, 4) is 11.5 Å². The third-order valence-corrected chi connectivity index (χ3v) is 3.54. The molecule has 0 N–H and O–H groups in total. The molecule has 0 radical (unpaired) electrons. The van der Waals surface area contributed by atoms with E-state index in [-0.39, 0.29) is 5.63 Å². The minimum Gasteiger partial charge on any atom is -0.403 e. The Labute approximate surface area is 120 Å². The van der Waals surface area contributed by atoms with Gasteiger partial charge in [-0.25, -0.2) is 9.78 Å². The highest BCUT2D eigenvalue weighted by molar-refractivity contribution is 6.04. The van der Waals surface area contributed by atoms with Crippen molar-refractivity contribution in [3.05, 3.63) is 77.2 Å². The third kappa shape index (κ3) is 1.91. The number of hydrogen-bond acceptors (Lipinski definition) is 3. The summed E-state index contributed by atoms with van der Waals surface area (Å²) in [5.74, 6) is 0.351. The predicted octanol–water partition coefficient (Wildman–Crippen LogP) is 4.01. The number of aromatic nitrogens is 1. The Morgan fingerprint density at radius 2 is 1.52 bits per heavy atom. The van der Waals surface area contributed by atoms with Crippen molar-refractivity contribution in [2.45, 2.75) is 0 Å². The molecule has 4 aromatic rings. The summed E-state index contributed by atoms with van der Waals surface area (Å²) in [6.45, 7) is 0. The summed E-state index contributed by atoms with van der Waals surface area (Å²) in [4.78, 5) is 16.8. The van der Waals surface area contributed by atoms with E-state index >= 15 is 0 Å². The molecule has 0 aliphatic carbocycles. The second kappa shape index (κ2) is 4.56. The van der Waals surface area contributed by atoms with Gasteiger partial charge in [0, 0.05) is 10.9 Å². The quantitative estimate of drug-likeness (QED) is 0.492. The highest BCUT2D eigenvalue weighted by Crippen LogP contribution is 2.24. The second-order valence-electron chi connectivity index (χ2n) is 4.86. The van der Waals surface area contributed by atoms with Gasteiger partial charge in [0.2, 0.25) is 5.89 Å². The molecule has 4 rings (SSSR count). The zero-order valence-corrected chi connectivity index (χ0v) is 11.1. The number of hydrogen-bond donors (Lipinski definition) is 0. The average molecular weight is 273 g/mol. The molecule has 0 aliphatic heterocycles. The fourth-order valence-corrected chi connectivity index (χ4v) is 2.51. The van der Waals surface area contributed by atoms with Crippen molar-refractivity contribution in [2.24, 2.45) is 0 Å². The molecule has 0 bridgehead atoms. The Morgan fingerprint density at radius 3 is 2.38 bits per heavy atom. The van der Waals surface area contributed by atoms with Gasteiger partial charge in [0.25, 0.3) is 0 Å². The lowest BCUT2D eigenvalue weighted by molar-refractivity contribution is 0.518. The van der Waals surface area contributed by atoms with Crippen molar-refractivity contribution in [1.82, 2.24) is 4.98 Å². The number of benzene rings is 3. The monoisotopic (exact) mass is 273 g/mol. The lowest BCUT2D eigenvalue weighted by atomic mass is 10.1. The van der Waals surface area contributed by atoms with E-state index in [4.69, 9.17) is 4.42 Å². The molecule has 0 atom stereocenters. The van der Waals surface area contributed by atoms with Gasteiger partial charge in [-0.05, 0) is 23.6 Å². The van der Waals surface area contributed by atoms with E-state index < -0.39 is 0 Å². The van der Waals surface area contributed by atoms with Crippen LogP contribution in [-0.2, 0) is 0 Å². The molecule has 100 valence electrons. The molecule has 3 nitrogen and oxygen atoms in total. The molecule has 21 heavy (non-hydrogen) atoms. The van der Waals surface area contributed by atoms with Crippen LogP contribution in [0, 0.1) is 0 Å². The fraction of sp³-hybridized carbons (Fsp3) is 0. The Balaban J connectivity index is 2.13. The van der Waals surface area contributed by atoms with Gasteiger partial charge in [-0.1, -0.05) is 48.5 Å². The highest BCUT2D eigenvalue weighted by Gasteiger charge is 2.10. The molecule has 0 aliphatic rings. The maximum absolute atomic E-state index is 12.2. The van der Waals surface area contributed by atoms with Crippen LogP contribution in [0.4, 0.5) is 0 Å². The molecule has 0 amide bonds. The van der Waals surface area contributed by atoms with Gasteiger partial charge in [0.1, 0.15) is 0 Å². The van der Waals surface area contributed by atoms with Crippen LogP contribution in [0.1, 0.15) is 0 Å². The highest BCUT2D eigenvalue weighted by atomic mass is 16.4. The van der Waals surface area contributed by atoms with Gasteiger partial charge in [0.05, 0.1) is 10.9 Å². The Kier molecular flexibility index (Phi) is 2.57. The van der Waals surface area contributed by atoms with Crippen molar-refractivity contribution < 1.29 is 4.42 Å². The molecule has 0 spiro atoms. The standard InChI is InChI=1S/C18H11NO2/c20-18-15-11-10-12-6-4-5-9-14(12)16(15)19-17(21-18)13-7-2-1-3-8-13/h1-11H. The van der Waals surface area contributed by atoms with E-state index in [1.54, 1.807) is 6.07 Å². The van der Waals surface area contributed by atoms with Crippen molar-refractivity contribution in [1.29, 1.82) is 0 Å². The molecule has 1 aromatic heterocycles. The van der Waals surface area contributed by atoms with Crippen LogP contribution >= 0.6 is 0 Å². The second-order valence-corrected chi connectivity index (χ2v) is 4.86. The Hall–Kier alpha value is -2.94. The van der Waals surface area contributed by atoms with Crippen LogP contribution in [0.15, 0.2) is 75.9 Å². The van der Waals surface area contributed by atoms with Crippen molar-refractivity contribution >= 4 is 21.7 Å². The van der Waals surface area contributed by atoms with Gasteiger partial charge < -0.3 is 4.42 Å². The van der Waals surface area contributed by atoms with E-state index in [1.165, 1.54) is 0 Å². The molecule has 0 saturated heterocycles. The van der Waals surface area contributed by atoms with Gasteiger partial charge >= 0.3 is 5.63 Å². The maximum Gasteiger partial charge on any atom is 0.347 e. The van der Waals surface area contributed by atoms with Crippen LogP contribution in [0.3, 0.4) is 0 Å². The fourth-order valence-electron chi connectivity index (χ4n) is 2.51. The first-order valence-corrected chi connectivity index (χ1v) is 6.71. The predicted molar refractivity (Wildman–Crippen MR) is 83.2 cm³/mol. The molecular weight excluding hydrogens is 262 g/mol. The summed E-state index contributed by atoms with van der Waals surface area (Å²) in [5.41, 5.74) is 1.12. The van der Waals surface area contributed by atoms with Gasteiger partial charge in [-0.15, -0.1) is 0 Å². The summed E-state index contributed by atoms with van der Waals surface area (Å²) in [6.07, 6.45) is 0. The lowest BCUT2D eigenvalue weighted by Gasteiger charge is -2.04. The van der Waals surface area contributed by atoms with E-state index in [0.717, 1.165) is 16.3 Å². The number of fused-ring (bicyclic) bond motifs is 3. The van der Waals surface area contributed by atoms with E-state index in [0.29, 0.717) is 16.8 Å². The number of nitrogens with zero attached hydrogens (tertiary/aromatic N) is 1. The molecular formula is C18H11NO2. The summed E-state index contributed by atoms with van der Waals surface area (Å²) < 4.78 is 5.36. The minimum absolute atomic E-state index is 0.351. The normalized spacial score (nSPS) is 11.0. The van der Waals surface area contributed by atoms with Crippen LogP contribution in [0.2, 0.25) is 0 Å². The summed E-state index contributed by atoms with van der Waals surface area (Å²) in [5, 5.41) is 2.52. The van der Waals surface area contributed by atoms with E-state index in [1.807, 2.05) is 60.7 Å². The SMILES string of the molecule is O=c1oc(-c2ccccc2)nc2c1ccc1ccccc12. The first-order valence-electron chi connectivity index (χ1n) is 6.71. The van der Waals surface area contributed by atoms with E-state index in [9.17, 15) is 4.79 Å². The average Bonchev–Trinajstić information content (AvgIpc) is 2.55. The summed E-state index contributed by atoms with van der Waals surface area (Å²) >= 11 is 0. The smallest absolute Gasteiger partial charge is 0.347 e. The summed E-state index contributed by atoms with van der Waals surface area (Å²) in [7, 11) is 0. The Bertz CT molecular complexity index is 1000. The molecule has 0 saturated carbocycles. The Morgan fingerprint density at radius 1 is 0.762 bits per heavy atom. The van der Waals surface area contributed by atoms with Gasteiger partial charge in [-0.3, -0.25) is 0 Å². The maximum atomic E-state index is 12.2. The molecule has 3 heteroatoms. The van der Waals surface area contributed by atoms with Crippen LogP contribution < -0.4 is 5.63 Å². The van der Waals surface area contributed by atoms with Crippen LogP contribution in [0.25, 0.3) is 33.1 Å². The zero-order chi connectivity index (χ0) is 14.2. The molecule has 0 fully saturated rings. The number of rotatable bonds is 1. The topological polar surface area (TPSA) is 43.1 Å². The molecule has 1 heterocycles. The lowest BCUT2D eigenvalue weighted by Crippen LogP contribution is -2.03. The van der Waals surface area contributed by atoms with Crippen molar-refractivity contribution in [2.75, 3.05) is 0 Å². The minimum atomic E-state index is -0.357. The first-order chi connectivity index (χ1) is 10.3. The third-order valence-electron chi connectivity index (χ3n) is 3.54.